The Kier molecular flexibility index (Phi) is 4.42. The molecule has 1 aliphatic heterocycles. The van der Waals surface area contributed by atoms with E-state index in [1.165, 1.54) is 15.4 Å². The Morgan fingerprint density at radius 3 is 2.57 bits per heavy atom. The number of hydrogen-bond donors (Lipinski definition) is 0. The Bertz CT molecular complexity index is 626. The maximum Gasteiger partial charge on any atom is 0.142 e. The third-order valence-corrected chi connectivity index (χ3v) is 4.99. The van der Waals surface area contributed by atoms with Gasteiger partial charge < -0.3 is 4.90 Å². The van der Waals surface area contributed by atoms with E-state index >= 15 is 0 Å². The lowest BCUT2D eigenvalue weighted by Crippen LogP contribution is -2.37. The predicted octanol–water partition coefficient (Wildman–Crippen LogP) is 3.83. The molecule has 0 N–H and O–H groups in total. The molecule has 108 valence electrons. The van der Waals surface area contributed by atoms with Crippen LogP contribution in [-0.4, -0.2) is 30.8 Å². The fourth-order valence-corrected chi connectivity index (χ4v) is 3.75. The summed E-state index contributed by atoms with van der Waals surface area (Å²) in [6.45, 7) is 1.70. The highest BCUT2D eigenvalue weighted by molar-refractivity contribution is 7.99. The van der Waals surface area contributed by atoms with Crippen molar-refractivity contribution in [2.75, 3.05) is 20.1 Å². The van der Waals surface area contributed by atoms with Crippen LogP contribution in [-0.2, 0) is 4.79 Å². The fraction of sp³-hybridized carbons (Fsp3) is 0.278. The molecule has 3 heteroatoms. The molecular weight excluding hydrogens is 278 g/mol. The molecule has 1 atom stereocenters. The molecule has 1 saturated heterocycles. The van der Waals surface area contributed by atoms with Crippen molar-refractivity contribution in [3.05, 3.63) is 60.2 Å². The van der Waals surface area contributed by atoms with Gasteiger partial charge in [0.1, 0.15) is 5.78 Å². The number of carbonyl (C=O) groups excluding carboxylic acids is 1. The number of benzene rings is 2. The number of Topliss-reactive ketones (excluding diaryl/α,β-unsaturated/α-hetero) is 1. The monoisotopic (exact) mass is 297 g/mol. The van der Waals surface area contributed by atoms with Crippen LogP contribution in [0.25, 0.3) is 0 Å². The smallest absolute Gasteiger partial charge is 0.142 e. The Labute approximate surface area is 130 Å². The van der Waals surface area contributed by atoms with E-state index in [1.807, 2.05) is 30.3 Å². The largest absolute Gasteiger partial charge is 0.305 e. The third kappa shape index (κ3) is 3.36. The molecule has 0 amide bonds. The molecule has 0 aromatic heterocycles. The second kappa shape index (κ2) is 6.46. The van der Waals surface area contributed by atoms with E-state index in [2.05, 4.69) is 36.2 Å². The molecule has 0 bridgehead atoms. The zero-order valence-corrected chi connectivity index (χ0v) is 13.0. The quantitative estimate of drug-likeness (QED) is 0.859. The minimum Gasteiger partial charge on any atom is -0.305 e. The van der Waals surface area contributed by atoms with E-state index in [9.17, 15) is 4.79 Å². The van der Waals surface area contributed by atoms with Gasteiger partial charge in [-0.25, -0.2) is 0 Å². The molecule has 3 rings (SSSR count). The molecule has 1 heterocycles. The van der Waals surface area contributed by atoms with E-state index < -0.39 is 0 Å². The summed E-state index contributed by atoms with van der Waals surface area (Å²) in [5.41, 5.74) is 1.17. The lowest BCUT2D eigenvalue weighted by molar-refractivity contribution is -0.123. The third-order valence-electron chi connectivity index (χ3n) is 3.89. The molecule has 21 heavy (non-hydrogen) atoms. The minimum atomic E-state index is 0.0103. The highest BCUT2D eigenvalue weighted by Gasteiger charge is 2.28. The van der Waals surface area contributed by atoms with Crippen molar-refractivity contribution in [3.8, 4) is 0 Å². The Morgan fingerprint density at radius 2 is 1.76 bits per heavy atom. The van der Waals surface area contributed by atoms with Crippen LogP contribution in [0, 0.1) is 0 Å². The van der Waals surface area contributed by atoms with Crippen LogP contribution in [0.1, 0.15) is 17.9 Å². The van der Waals surface area contributed by atoms with Gasteiger partial charge in [-0.1, -0.05) is 48.2 Å². The number of nitrogens with zero attached hydrogens (tertiary/aromatic N) is 1. The van der Waals surface area contributed by atoms with Gasteiger partial charge in [0.25, 0.3) is 0 Å². The van der Waals surface area contributed by atoms with Crippen LogP contribution in [0.3, 0.4) is 0 Å². The van der Waals surface area contributed by atoms with Crippen molar-refractivity contribution >= 4 is 17.5 Å². The number of piperidine rings is 1. The van der Waals surface area contributed by atoms with E-state index in [-0.39, 0.29) is 5.92 Å². The fourth-order valence-electron chi connectivity index (χ4n) is 2.73. The second-order valence-electron chi connectivity index (χ2n) is 5.48. The van der Waals surface area contributed by atoms with Crippen LogP contribution in [0.5, 0.6) is 0 Å². The first kappa shape index (κ1) is 14.4. The van der Waals surface area contributed by atoms with Gasteiger partial charge in [0, 0.05) is 29.3 Å². The van der Waals surface area contributed by atoms with Crippen LogP contribution in [0.4, 0.5) is 0 Å². The van der Waals surface area contributed by atoms with Crippen molar-refractivity contribution in [3.63, 3.8) is 0 Å². The number of ketones is 1. The summed E-state index contributed by atoms with van der Waals surface area (Å²) in [6, 6.07) is 18.6. The van der Waals surface area contributed by atoms with Gasteiger partial charge in [-0.05, 0) is 30.8 Å². The zero-order valence-electron chi connectivity index (χ0n) is 12.2. The summed E-state index contributed by atoms with van der Waals surface area (Å²) < 4.78 is 0. The molecule has 0 saturated carbocycles. The topological polar surface area (TPSA) is 20.3 Å². The first-order chi connectivity index (χ1) is 10.2. The van der Waals surface area contributed by atoms with Gasteiger partial charge in [0.2, 0.25) is 0 Å². The van der Waals surface area contributed by atoms with Crippen molar-refractivity contribution in [2.24, 2.45) is 0 Å². The molecule has 2 nitrogen and oxygen atoms in total. The van der Waals surface area contributed by atoms with E-state index in [0.29, 0.717) is 12.2 Å². The minimum absolute atomic E-state index is 0.0103. The summed E-state index contributed by atoms with van der Waals surface area (Å²) in [4.78, 5) is 17.0. The normalized spacial score (nSPS) is 19.7. The molecule has 0 spiro atoms. The average Bonchev–Trinajstić information content (AvgIpc) is 2.51. The van der Waals surface area contributed by atoms with Gasteiger partial charge in [0.15, 0.2) is 0 Å². The molecule has 2 aromatic carbocycles. The first-order valence-electron chi connectivity index (χ1n) is 7.27. The molecule has 1 unspecified atom stereocenters. The summed E-state index contributed by atoms with van der Waals surface area (Å²) in [6.07, 6.45) is 0.658. The van der Waals surface area contributed by atoms with Crippen molar-refractivity contribution in [1.82, 2.24) is 4.90 Å². The molecule has 1 aliphatic rings. The summed E-state index contributed by atoms with van der Waals surface area (Å²) in [5, 5.41) is 0. The van der Waals surface area contributed by atoms with E-state index in [0.717, 1.165) is 13.1 Å². The van der Waals surface area contributed by atoms with Crippen LogP contribution < -0.4 is 0 Å². The lowest BCUT2D eigenvalue weighted by atomic mass is 9.89. The Balaban J connectivity index is 1.90. The van der Waals surface area contributed by atoms with Gasteiger partial charge >= 0.3 is 0 Å². The zero-order chi connectivity index (χ0) is 14.7. The molecule has 1 fully saturated rings. The lowest BCUT2D eigenvalue weighted by Gasteiger charge is -2.29. The highest BCUT2D eigenvalue weighted by atomic mass is 32.2. The maximum atomic E-state index is 12.3. The maximum absolute atomic E-state index is 12.3. The van der Waals surface area contributed by atoms with Crippen LogP contribution in [0.2, 0.25) is 0 Å². The van der Waals surface area contributed by atoms with Crippen LogP contribution >= 0.6 is 11.8 Å². The average molecular weight is 297 g/mol. The van der Waals surface area contributed by atoms with Gasteiger partial charge in [-0.2, -0.15) is 0 Å². The number of likely N-dealkylation sites (N-methyl/N-ethyl adjacent to an activating group) is 1. The summed E-state index contributed by atoms with van der Waals surface area (Å²) in [5.74, 6) is 0.380. The second-order valence-corrected chi connectivity index (χ2v) is 6.60. The van der Waals surface area contributed by atoms with E-state index in [1.54, 1.807) is 11.8 Å². The summed E-state index contributed by atoms with van der Waals surface area (Å²) in [7, 11) is 2.09. The predicted molar refractivity (Wildman–Crippen MR) is 86.9 cm³/mol. The summed E-state index contributed by atoms with van der Waals surface area (Å²) >= 11 is 1.74. The van der Waals surface area contributed by atoms with Crippen molar-refractivity contribution < 1.29 is 4.79 Å². The molecule has 0 radical (unpaired) electrons. The van der Waals surface area contributed by atoms with Crippen molar-refractivity contribution in [1.29, 1.82) is 0 Å². The van der Waals surface area contributed by atoms with Crippen LogP contribution in [0.15, 0.2) is 64.4 Å². The highest BCUT2D eigenvalue weighted by Crippen LogP contribution is 2.35. The van der Waals surface area contributed by atoms with E-state index in [4.69, 9.17) is 0 Å². The number of hydrogen-bond acceptors (Lipinski definition) is 3. The molecular formula is C18H19NOS. The molecule has 0 aliphatic carbocycles. The van der Waals surface area contributed by atoms with Gasteiger partial charge in [0.05, 0.1) is 5.92 Å². The van der Waals surface area contributed by atoms with Crippen molar-refractivity contribution in [2.45, 2.75) is 22.1 Å². The Morgan fingerprint density at radius 1 is 1.05 bits per heavy atom. The molecule has 2 aromatic rings. The number of carbonyl (C=O) groups is 1. The number of rotatable bonds is 3. The Hall–Kier alpha value is -1.58. The standard InChI is InChI=1S/C18H19NOS/c1-19-12-11-17(20)16(13-19)15-9-5-6-10-18(15)21-14-7-3-2-4-8-14/h2-10,16H,11-13H2,1H3. The SMILES string of the molecule is CN1CCC(=O)C(c2ccccc2Sc2ccccc2)C1. The van der Waals surface area contributed by atoms with Gasteiger partial charge in [-0.15, -0.1) is 0 Å². The first-order valence-corrected chi connectivity index (χ1v) is 8.09. The number of likely N-dealkylation sites (tertiary alicyclic amines) is 1. The van der Waals surface area contributed by atoms with Gasteiger partial charge in [-0.3, -0.25) is 4.79 Å².